The van der Waals surface area contributed by atoms with Crippen molar-refractivity contribution >= 4 is 5.91 Å². The summed E-state index contributed by atoms with van der Waals surface area (Å²) in [4.78, 5) is 16.9. The van der Waals surface area contributed by atoms with Gasteiger partial charge in [-0.05, 0) is 47.4 Å². The van der Waals surface area contributed by atoms with Gasteiger partial charge in [-0.2, -0.15) is 5.10 Å². The van der Waals surface area contributed by atoms with Gasteiger partial charge in [-0.25, -0.2) is 9.07 Å². The van der Waals surface area contributed by atoms with Crippen LogP contribution < -0.4 is 4.74 Å². The number of hydrogen-bond donors (Lipinski definition) is 0. The summed E-state index contributed by atoms with van der Waals surface area (Å²) in [7, 11) is 0. The molecule has 0 N–H and O–H groups in total. The third-order valence-corrected chi connectivity index (χ3v) is 5.72. The number of halogens is 1. The number of nitrogens with zero attached hydrogens (tertiary/aromatic N) is 4. The summed E-state index contributed by atoms with van der Waals surface area (Å²) in [5, 5.41) is 4.39. The van der Waals surface area contributed by atoms with E-state index in [4.69, 9.17) is 4.74 Å². The molecular formula is C25H29FN4O2. The van der Waals surface area contributed by atoms with Gasteiger partial charge in [-0.3, -0.25) is 9.69 Å². The lowest BCUT2D eigenvalue weighted by molar-refractivity contribution is 0.0620. The van der Waals surface area contributed by atoms with E-state index >= 15 is 0 Å². The second-order valence-corrected chi connectivity index (χ2v) is 8.44. The van der Waals surface area contributed by atoms with Gasteiger partial charge in [0.25, 0.3) is 5.91 Å². The molecule has 2 heterocycles. The van der Waals surface area contributed by atoms with Gasteiger partial charge in [-0.1, -0.05) is 38.1 Å². The van der Waals surface area contributed by atoms with E-state index in [1.807, 2.05) is 23.1 Å². The Balaban J connectivity index is 1.26. The van der Waals surface area contributed by atoms with Gasteiger partial charge in [0.05, 0.1) is 0 Å². The third-order valence-electron chi connectivity index (χ3n) is 5.72. The summed E-state index contributed by atoms with van der Waals surface area (Å²) < 4.78 is 20.8. The monoisotopic (exact) mass is 436 g/mol. The van der Waals surface area contributed by atoms with Crippen LogP contribution in [-0.4, -0.2) is 51.7 Å². The molecule has 1 amide bonds. The second-order valence-electron chi connectivity index (χ2n) is 8.44. The minimum Gasteiger partial charge on any atom is -0.471 e. The molecule has 7 heteroatoms. The standard InChI is InChI=1S/C25H29FN4O2/c1-19(2)21-6-8-23(9-7-21)32-18-30-11-10-24(27-30)25(31)29-14-12-28(13-15-29)17-20-4-3-5-22(26)16-20/h3-11,16,19H,12-15,17-18H2,1-2H3. The van der Waals surface area contributed by atoms with Crippen LogP contribution in [0.3, 0.4) is 0 Å². The maximum atomic E-state index is 13.4. The molecule has 0 unspecified atom stereocenters. The number of benzene rings is 2. The molecule has 0 spiro atoms. The first-order valence-corrected chi connectivity index (χ1v) is 11.0. The Morgan fingerprint density at radius 3 is 2.50 bits per heavy atom. The lowest BCUT2D eigenvalue weighted by Gasteiger charge is -2.34. The van der Waals surface area contributed by atoms with E-state index < -0.39 is 0 Å². The molecule has 0 atom stereocenters. The molecule has 6 nitrogen and oxygen atoms in total. The Hall–Kier alpha value is -3.19. The molecule has 0 bridgehead atoms. The fourth-order valence-corrected chi connectivity index (χ4v) is 3.80. The zero-order valence-corrected chi connectivity index (χ0v) is 18.6. The van der Waals surface area contributed by atoms with Crippen LogP contribution in [0, 0.1) is 5.82 Å². The molecule has 1 aliphatic rings. The van der Waals surface area contributed by atoms with E-state index in [0.717, 1.165) is 24.4 Å². The molecule has 1 fully saturated rings. The minimum absolute atomic E-state index is 0.0737. The molecule has 1 aliphatic heterocycles. The molecule has 168 valence electrons. The quantitative estimate of drug-likeness (QED) is 0.559. The van der Waals surface area contributed by atoms with Gasteiger partial charge in [0, 0.05) is 38.9 Å². The fraction of sp³-hybridized carbons (Fsp3) is 0.360. The normalized spacial score (nSPS) is 14.7. The maximum Gasteiger partial charge on any atom is 0.274 e. The van der Waals surface area contributed by atoms with Crippen molar-refractivity contribution in [1.82, 2.24) is 19.6 Å². The lowest BCUT2D eigenvalue weighted by Crippen LogP contribution is -2.48. The number of aromatic nitrogens is 2. The first-order valence-electron chi connectivity index (χ1n) is 11.0. The summed E-state index contributed by atoms with van der Waals surface area (Å²) in [5.41, 5.74) is 2.63. The Bertz CT molecular complexity index is 1040. The Morgan fingerprint density at radius 2 is 1.81 bits per heavy atom. The highest BCUT2D eigenvalue weighted by molar-refractivity contribution is 5.92. The van der Waals surface area contributed by atoms with Gasteiger partial charge in [0.2, 0.25) is 0 Å². The second kappa shape index (κ2) is 9.96. The molecule has 0 saturated carbocycles. The average molecular weight is 437 g/mol. The smallest absolute Gasteiger partial charge is 0.274 e. The molecule has 3 aromatic rings. The summed E-state index contributed by atoms with van der Waals surface area (Å²) in [6.45, 7) is 7.99. The van der Waals surface area contributed by atoms with Crippen molar-refractivity contribution in [1.29, 1.82) is 0 Å². The predicted octanol–water partition coefficient (Wildman–Crippen LogP) is 4.14. The maximum absolute atomic E-state index is 13.4. The van der Waals surface area contributed by atoms with Crippen LogP contribution in [0.25, 0.3) is 0 Å². The van der Waals surface area contributed by atoms with E-state index in [-0.39, 0.29) is 18.5 Å². The lowest BCUT2D eigenvalue weighted by atomic mass is 10.0. The molecule has 2 aromatic carbocycles. The van der Waals surface area contributed by atoms with Crippen LogP contribution in [-0.2, 0) is 13.3 Å². The fourth-order valence-electron chi connectivity index (χ4n) is 3.80. The molecule has 1 saturated heterocycles. The number of carbonyl (C=O) groups is 1. The summed E-state index contributed by atoms with van der Waals surface area (Å²) in [5.74, 6) is 0.957. The summed E-state index contributed by atoms with van der Waals surface area (Å²) >= 11 is 0. The van der Waals surface area contributed by atoms with Crippen molar-refractivity contribution in [2.75, 3.05) is 26.2 Å². The van der Waals surface area contributed by atoms with E-state index in [0.29, 0.717) is 31.2 Å². The van der Waals surface area contributed by atoms with E-state index in [2.05, 4.69) is 36.0 Å². The van der Waals surface area contributed by atoms with Gasteiger partial charge < -0.3 is 9.64 Å². The number of rotatable bonds is 7. The van der Waals surface area contributed by atoms with Gasteiger partial charge in [0.15, 0.2) is 12.4 Å². The van der Waals surface area contributed by atoms with Crippen LogP contribution in [0.2, 0.25) is 0 Å². The van der Waals surface area contributed by atoms with Crippen LogP contribution in [0.15, 0.2) is 60.8 Å². The largest absolute Gasteiger partial charge is 0.471 e. The number of ether oxygens (including phenoxy) is 1. The van der Waals surface area contributed by atoms with Crippen molar-refractivity contribution in [3.05, 3.63) is 83.4 Å². The van der Waals surface area contributed by atoms with Gasteiger partial charge >= 0.3 is 0 Å². The van der Waals surface area contributed by atoms with Gasteiger partial charge in [0.1, 0.15) is 11.6 Å². The minimum atomic E-state index is -0.219. The van der Waals surface area contributed by atoms with Gasteiger partial charge in [-0.15, -0.1) is 0 Å². The first-order chi connectivity index (χ1) is 15.5. The topological polar surface area (TPSA) is 50.6 Å². The molecule has 0 radical (unpaired) electrons. The van der Waals surface area contributed by atoms with Crippen molar-refractivity contribution in [3.8, 4) is 5.75 Å². The molecular weight excluding hydrogens is 407 g/mol. The Kier molecular flexibility index (Phi) is 6.85. The highest BCUT2D eigenvalue weighted by Crippen LogP contribution is 2.19. The Labute approximate surface area is 188 Å². The molecule has 0 aliphatic carbocycles. The molecule has 1 aromatic heterocycles. The number of piperazine rings is 1. The van der Waals surface area contributed by atoms with E-state index in [1.54, 1.807) is 29.1 Å². The van der Waals surface area contributed by atoms with Crippen molar-refractivity contribution in [2.24, 2.45) is 0 Å². The average Bonchev–Trinajstić information content (AvgIpc) is 3.27. The highest BCUT2D eigenvalue weighted by Gasteiger charge is 2.23. The molecule has 4 rings (SSSR count). The third kappa shape index (κ3) is 5.53. The predicted molar refractivity (Wildman–Crippen MR) is 121 cm³/mol. The SMILES string of the molecule is CC(C)c1ccc(OCn2ccc(C(=O)N3CCN(Cc4cccc(F)c4)CC3)n2)cc1. The zero-order valence-electron chi connectivity index (χ0n) is 18.6. The highest BCUT2D eigenvalue weighted by atomic mass is 19.1. The van der Waals surface area contributed by atoms with Crippen LogP contribution >= 0.6 is 0 Å². The zero-order chi connectivity index (χ0) is 22.5. The van der Waals surface area contributed by atoms with E-state index in [9.17, 15) is 9.18 Å². The van der Waals surface area contributed by atoms with Crippen LogP contribution in [0.5, 0.6) is 5.75 Å². The number of carbonyl (C=O) groups excluding carboxylic acids is 1. The van der Waals surface area contributed by atoms with Crippen LogP contribution in [0.4, 0.5) is 4.39 Å². The van der Waals surface area contributed by atoms with Crippen molar-refractivity contribution in [3.63, 3.8) is 0 Å². The van der Waals surface area contributed by atoms with Crippen LogP contribution in [0.1, 0.15) is 41.4 Å². The van der Waals surface area contributed by atoms with Crippen molar-refractivity contribution in [2.45, 2.75) is 33.0 Å². The van der Waals surface area contributed by atoms with Crippen molar-refractivity contribution < 1.29 is 13.9 Å². The number of amides is 1. The summed E-state index contributed by atoms with van der Waals surface area (Å²) in [6.07, 6.45) is 1.76. The number of hydrogen-bond acceptors (Lipinski definition) is 4. The molecule has 32 heavy (non-hydrogen) atoms. The Morgan fingerprint density at radius 1 is 1.06 bits per heavy atom. The first kappa shape index (κ1) is 22.0. The van der Waals surface area contributed by atoms with E-state index in [1.165, 1.54) is 11.6 Å². The summed E-state index contributed by atoms with van der Waals surface area (Å²) in [6, 6.07) is 16.4.